The molecular formula is C10H9N2NaO6S. The number of nitrogens with zero attached hydrogens (tertiary/aromatic N) is 2. The Morgan fingerprint density at radius 2 is 1.80 bits per heavy atom. The summed E-state index contributed by atoms with van der Waals surface area (Å²) in [6, 6.07) is 4.67. The SMILES string of the molecule is O=C(O)C1=NN(c2ccc(S(=O)(=O)O)cc2)C(=O)C1.[NaH]. The van der Waals surface area contributed by atoms with Crippen LogP contribution in [-0.2, 0) is 19.7 Å². The summed E-state index contributed by atoms with van der Waals surface area (Å²) in [4.78, 5) is 21.9. The summed E-state index contributed by atoms with van der Waals surface area (Å²) in [6.07, 6.45) is -0.324. The standard InChI is InChI=1S/C10H8N2O6S.Na.H/c13-9-5-8(10(14)15)11-12(9)6-1-3-7(4-2-6)19(16,17)18;;/h1-4H,5H2,(H,14,15)(H,16,17,18);;. The van der Waals surface area contributed by atoms with E-state index in [1.807, 2.05) is 0 Å². The van der Waals surface area contributed by atoms with Gasteiger partial charge in [-0.05, 0) is 24.3 Å². The Balaban J connectivity index is 0.00000200. The van der Waals surface area contributed by atoms with Gasteiger partial charge in [-0.2, -0.15) is 18.5 Å². The van der Waals surface area contributed by atoms with E-state index in [9.17, 15) is 18.0 Å². The topological polar surface area (TPSA) is 124 Å². The van der Waals surface area contributed by atoms with E-state index < -0.39 is 22.0 Å². The van der Waals surface area contributed by atoms with Crippen LogP contribution in [0.4, 0.5) is 5.69 Å². The molecule has 0 aliphatic carbocycles. The molecule has 20 heavy (non-hydrogen) atoms. The molecule has 0 aromatic heterocycles. The molecule has 0 spiro atoms. The second-order valence-electron chi connectivity index (χ2n) is 3.70. The number of hydrazone groups is 1. The number of amides is 1. The predicted molar refractivity (Wildman–Crippen MR) is 70.6 cm³/mol. The zero-order chi connectivity index (χ0) is 14.2. The number of anilines is 1. The van der Waals surface area contributed by atoms with Crippen LogP contribution in [0.3, 0.4) is 0 Å². The first-order valence-electron chi connectivity index (χ1n) is 5.00. The fraction of sp³-hybridized carbons (Fsp3) is 0.100. The number of hydrogen-bond donors (Lipinski definition) is 2. The second-order valence-corrected chi connectivity index (χ2v) is 5.12. The summed E-state index contributed by atoms with van der Waals surface area (Å²) >= 11 is 0. The Kier molecular flexibility index (Phi) is 5.05. The van der Waals surface area contributed by atoms with Gasteiger partial charge in [0.15, 0.2) is 5.71 Å². The van der Waals surface area contributed by atoms with Crippen LogP contribution in [0.1, 0.15) is 6.42 Å². The van der Waals surface area contributed by atoms with Crippen molar-refractivity contribution in [1.29, 1.82) is 0 Å². The molecule has 8 nitrogen and oxygen atoms in total. The van der Waals surface area contributed by atoms with Crippen molar-refractivity contribution in [3.8, 4) is 0 Å². The van der Waals surface area contributed by atoms with Crippen molar-refractivity contribution in [1.82, 2.24) is 0 Å². The molecular weight excluding hydrogens is 299 g/mol. The molecule has 102 valence electrons. The third-order valence-electron chi connectivity index (χ3n) is 2.40. The van der Waals surface area contributed by atoms with Crippen molar-refractivity contribution in [3.63, 3.8) is 0 Å². The van der Waals surface area contributed by atoms with Crippen molar-refractivity contribution in [3.05, 3.63) is 24.3 Å². The molecule has 0 fully saturated rings. The first-order valence-corrected chi connectivity index (χ1v) is 6.44. The normalized spacial score (nSPS) is 14.8. The second kappa shape index (κ2) is 6.02. The quantitative estimate of drug-likeness (QED) is 0.571. The Morgan fingerprint density at radius 3 is 2.20 bits per heavy atom. The Hall–Kier alpha value is -1.26. The van der Waals surface area contributed by atoms with Gasteiger partial charge in [-0.25, -0.2) is 4.79 Å². The summed E-state index contributed by atoms with van der Waals surface area (Å²) in [5, 5.41) is 13.2. The van der Waals surface area contributed by atoms with Crippen LogP contribution in [0.25, 0.3) is 0 Å². The van der Waals surface area contributed by atoms with Gasteiger partial charge >= 0.3 is 35.5 Å². The van der Waals surface area contributed by atoms with Crippen molar-refractivity contribution in [2.75, 3.05) is 5.01 Å². The number of benzene rings is 1. The van der Waals surface area contributed by atoms with E-state index in [0.717, 1.165) is 17.1 Å². The average molecular weight is 308 g/mol. The third-order valence-corrected chi connectivity index (χ3v) is 3.27. The van der Waals surface area contributed by atoms with Gasteiger partial charge in [-0.3, -0.25) is 9.35 Å². The number of carbonyl (C=O) groups excluding carboxylic acids is 1. The van der Waals surface area contributed by atoms with Crippen molar-refractivity contribution in [2.24, 2.45) is 5.10 Å². The van der Waals surface area contributed by atoms with Gasteiger partial charge < -0.3 is 5.11 Å². The molecule has 0 unspecified atom stereocenters. The molecule has 1 aliphatic heterocycles. The van der Waals surface area contributed by atoms with Gasteiger partial charge in [0, 0.05) is 0 Å². The van der Waals surface area contributed by atoms with Gasteiger partial charge in [0.2, 0.25) is 0 Å². The van der Waals surface area contributed by atoms with Gasteiger partial charge in [0.1, 0.15) is 0 Å². The van der Waals surface area contributed by atoms with Crippen LogP contribution in [0.2, 0.25) is 0 Å². The van der Waals surface area contributed by atoms with Crippen LogP contribution in [0, 0.1) is 0 Å². The van der Waals surface area contributed by atoms with Gasteiger partial charge in [0.25, 0.3) is 16.0 Å². The van der Waals surface area contributed by atoms with Crippen LogP contribution >= 0.6 is 0 Å². The van der Waals surface area contributed by atoms with Gasteiger partial charge in [-0.15, -0.1) is 0 Å². The average Bonchev–Trinajstić information content (AvgIpc) is 2.70. The van der Waals surface area contributed by atoms with Crippen LogP contribution in [-0.4, -0.2) is 65.2 Å². The van der Waals surface area contributed by atoms with E-state index in [2.05, 4.69) is 5.10 Å². The van der Waals surface area contributed by atoms with Crippen LogP contribution in [0.15, 0.2) is 34.3 Å². The molecule has 1 aliphatic rings. The summed E-state index contributed by atoms with van der Waals surface area (Å²) in [6.45, 7) is 0. The molecule has 1 aromatic rings. The molecule has 1 aromatic carbocycles. The van der Waals surface area contributed by atoms with E-state index in [0.29, 0.717) is 0 Å². The number of carboxylic acid groups (broad SMARTS) is 1. The van der Waals surface area contributed by atoms with Gasteiger partial charge in [-0.1, -0.05) is 0 Å². The Labute approximate surface area is 136 Å². The molecule has 0 bridgehead atoms. The molecule has 2 N–H and O–H groups in total. The molecule has 1 heterocycles. The zero-order valence-electron chi connectivity index (χ0n) is 9.35. The maximum atomic E-state index is 11.6. The molecule has 10 heteroatoms. The third kappa shape index (κ3) is 3.44. The van der Waals surface area contributed by atoms with Gasteiger partial charge in [0.05, 0.1) is 17.0 Å². The zero-order valence-corrected chi connectivity index (χ0v) is 10.2. The number of hydrogen-bond acceptors (Lipinski definition) is 5. The van der Waals surface area contributed by atoms with E-state index in [1.54, 1.807) is 0 Å². The first kappa shape index (κ1) is 16.8. The van der Waals surface area contributed by atoms with E-state index in [1.165, 1.54) is 12.1 Å². The molecule has 0 atom stereocenters. The maximum absolute atomic E-state index is 11.6. The van der Waals surface area contributed by atoms with E-state index in [4.69, 9.17) is 9.66 Å². The Bertz CT molecular complexity index is 682. The van der Waals surface area contributed by atoms with Crippen LogP contribution < -0.4 is 5.01 Å². The van der Waals surface area contributed by atoms with Crippen LogP contribution in [0.5, 0.6) is 0 Å². The number of aliphatic carboxylic acids is 1. The number of rotatable bonds is 3. The molecule has 0 radical (unpaired) electrons. The first-order chi connectivity index (χ1) is 8.79. The van der Waals surface area contributed by atoms with Crippen molar-refractivity contribution < 1.29 is 27.7 Å². The number of carbonyl (C=O) groups is 2. The minimum atomic E-state index is -4.31. The Morgan fingerprint density at radius 1 is 1.25 bits per heavy atom. The molecule has 0 saturated carbocycles. The fourth-order valence-electron chi connectivity index (χ4n) is 1.51. The fourth-order valence-corrected chi connectivity index (χ4v) is 1.99. The minimum absolute atomic E-state index is 0. The van der Waals surface area contributed by atoms with Crippen molar-refractivity contribution >= 4 is 63.0 Å². The van der Waals surface area contributed by atoms with Crippen molar-refractivity contribution in [2.45, 2.75) is 11.3 Å². The molecule has 1 amide bonds. The summed E-state index contributed by atoms with van der Waals surface area (Å²) in [5.41, 5.74) is -0.0718. The summed E-state index contributed by atoms with van der Waals surface area (Å²) in [7, 11) is -4.31. The molecule has 2 rings (SSSR count). The summed E-state index contributed by atoms with van der Waals surface area (Å²) < 4.78 is 30.5. The predicted octanol–water partition coefficient (Wildman–Crippen LogP) is -0.538. The number of carboxylic acids is 1. The summed E-state index contributed by atoms with van der Waals surface area (Å²) in [5.74, 6) is -1.82. The van der Waals surface area contributed by atoms with E-state index >= 15 is 0 Å². The van der Waals surface area contributed by atoms with E-state index in [-0.39, 0.29) is 52.3 Å². The monoisotopic (exact) mass is 308 g/mol. The molecule has 0 saturated heterocycles.